The van der Waals surface area contributed by atoms with E-state index in [1.807, 2.05) is 0 Å². The van der Waals surface area contributed by atoms with Gasteiger partial charge in [0, 0.05) is 17.9 Å². The van der Waals surface area contributed by atoms with E-state index in [0.717, 1.165) is 35.5 Å². The topological polar surface area (TPSA) is 33.4 Å². The Labute approximate surface area is 97.7 Å². The van der Waals surface area contributed by atoms with Gasteiger partial charge in [0.15, 0.2) is 0 Å². The summed E-state index contributed by atoms with van der Waals surface area (Å²) < 4.78 is 5.94. The van der Waals surface area contributed by atoms with E-state index < -0.39 is 0 Å². The fraction of sp³-hybridized carbons (Fsp3) is 0.714. The van der Waals surface area contributed by atoms with E-state index in [0.29, 0.717) is 5.92 Å². The molecule has 90 valence electrons. The van der Waals surface area contributed by atoms with E-state index in [-0.39, 0.29) is 11.5 Å². The predicted molar refractivity (Wildman–Crippen MR) is 64.6 cm³/mol. The van der Waals surface area contributed by atoms with Crippen LogP contribution in [0.1, 0.15) is 68.8 Å². The highest BCUT2D eigenvalue weighted by molar-refractivity contribution is 5.38. The summed E-state index contributed by atoms with van der Waals surface area (Å²) in [6, 6.07) is 0. The van der Waals surface area contributed by atoms with Crippen molar-refractivity contribution < 1.29 is 9.52 Å². The van der Waals surface area contributed by atoms with E-state index >= 15 is 0 Å². The first-order chi connectivity index (χ1) is 7.32. The highest BCUT2D eigenvalue weighted by Crippen LogP contribution is 2.44. The number of fused-ring (bicyclic) bond motifs is 1. The minimum atomic E-state index is -0.352. The second-order valence-corrected chi connectivity index (χ2v) is 6.14. The SMILES string of the molecule is Cc1c(C(C)C)oc2c1[C@@H](O)CC(C)(C)C2. The number of hydrogen-bond donors (Lipinski definition) is 1. The van der Waals surface area contributed by atoms with Crippen LogP contribution in [0.15, 0.2) is 4.42 Å². The van der Waals surface area contributed by atoms with Crippen LogP contribution >= 0.6 is 0 Å². The van der Waals surface area contributed by atoms with Crippen LogP contribution in [0, 0.1) is 12.3 Å². The minimum Gasteiger partial charge on any atom is -0.465 e. The fourth-order valence-corrected chi connectivity index (χ4v) is 2.86. The normalized spacial score (nSPS) is 23.6. The Kier molecular flexibility index (Phi) is 2.66. The highest BCUT2D eigenvalue weighted by atomic mass is 16.3. The third kappa shape index (κ3) is 1.80. The van der Waals surface area contributed by atoms with Crippen LogP contribution in [0.5, 0.6) is 0 Å². The van der Waals surface area contributed by atoms with Gasteiger partial charge in [-0.15, -0.1) is 0 Å². The Morgan fingerprint density at radius 3 is 2.56 bits per heavy atom. The largest absolute Gasteiger partial charge is 0.465 e. The molecule has 0 aliphatic heterocycles. The Morgan fingerprint density at radius 2 is 2.00 bits per heavy atom. The van der Waals surface area contributed by atoms with Gasteiger partial charge >= 0.3 is 0 Å². The van der Waals surface area contributed by atoms with Crippen molar-refractivity contribution in [2.24, 2.45) is 5.41 Å². The van der Waals surface area contributed by atoms with Crippen LogP contribution in [0.25, 0.3) is 0 Å². The molecule has 0 saturated heterocycles. The highest BCUT2D eigenvalue weighted by Gasteiger charge is 2.36. The molecule has 2 heteroatoms. The Morgan fingerprint density at radius 1 is 1.38 bits per heavy atom. The minimum absolute atomic E-state index is 0.144. The van der Waals surface area contributed by atoms with Crippen molar-refractivity contribution in [3.63, 3.8) is 0 Å². The second-order valence-electron chi connectivity index (χ2n) is 6.14. The average Bonchev–Trinajstić information content (AvgIpc) is 2.40. The predicted octanol–water partition coefficient (Wildman–Crippen LogP) is 3.72. The van der Waals surface area contributed by atoms with Crippen LogP contribution in [0.2, 0.25) is 0 Å². The van der Waals surface area contributed by atoms with Crippen molar-refractivity contribution in [1.29, 1.82) is 0 Å². The molecule has 1 aromatic rings. The van der Waals surface area contributed by atoms with Gasteiger partial charge in [-0.3, -0.25) is 0 Å². The zero-order valence-electron chi connectivity index (χ0n) is 10.9. The zero-order chi connectivity index (χ0) is 12.1. The molecule has 1 heterocycles. The quantitative estimate of drug-likeness (QED) is 0.785. The van der Waals surface area contributed by atoms with Crippen molar-refractivity contribution in [1.82, 2.24) is 0 Å². The van der Waals surface area contributed by atoms with Gasteiger partial charge in [-0.05, 0) is 24.3 Å². The van der Waals surface area contributed by atoms with E-state index in [2.05, 4.69) is 34.6 Å². The summed E-state index contributed by atoms with van der Waals surface area (Å²) in [7, 11) is 0. The molecule has 0 fully saturated rings. The molecular weight excluding hydrogens is 200 g/mol. The van der Waals surface area contributed by atoms with E-state index in [1.165, 1.54) is 0 Å². The first-order valence-corrected chi connectivity index (χ1v) is 6.12. The van der Waals surface area contributed by atoms with Crippen molar-refractivity contribution in [3.8, 4) is 0 Å². The van der Waals surface area contributed by atoms with Crippen molar-refractivity contribution >= 4 is 0 Å². The van der Waals surface area contributed by atoms with Gasteiger partial charge in [0.2, 0.25) is 0 Å². The number of aliphatic hydroxyl groups is 1. The molecule has 0 radical (unpaired) electrons. The first kappa shape index (κ1) is 11.7. The third-order valence-electron chi connectivity index (χ3n) is 3.55. The van der Waals surface area contributed by atoms with Gasteiger partial charge < -0.3 is 9.52 Å². The summed E-state index contributed by atoms with van der Waals surface area (Å²) >= 11 is 0. The number of furan rings is 1. The molecule has 2 rings (SSSR count). The number of aliphatic hydroxyl groups excluding tert-OH is 1. The van der Waals surface area contributed by atoms with Crippen molar-refractivity contribution in [3.05, 3.63) is 22.6 Å². The molecule has 0 spiro atoms. The van der Waals surface area contributed by atoms with Crippen LogP contribution in [0.4, 0.5) is 0 Å². The molecule has 1 N–H and O–H groups in total. The fourth-order valence-electron chi connectivity index (χ4n) is 2.86. The van der Waals surface area contributed by atoms with Crippen molar-refractivity contribution in [2.75, 3.05) is 0 Å². The second kappa shape index (κ2) is 3.63. The van der Waals surface area contributed by atoms with Crippen LogP contribution in [-0.4, -0.2) is 5.11 Å². The lowest BCUT2D eigenvalue weighted by Gasteiger charge is -2.32. The smallest absolute Gasteiger partial charge is 0.110 e. The Hall–Kier alpha value is -0.760. The van der Waals surface area contributed by atoms with Crippen LogP contribution in [-0.2, 0) is 6.42 Å². The maximum absolute atomic E-state index is 10.2. The lowest BCUT2D eigenvalue weighted by molar-refractivity contribution is 0.0927. The van der Waals surface area contributed by atoms with Gasteiger partial charge in [0.1, 0.15) is 11.5 Å². The molecule has 1 aliphatic carbocycles. The maximum Gasteiger partial charge on any atom is 0.110 e. The standard InChI is InChI=1S/C14H22O2/c1-8(2)13-9(3)12-10(15)6-14(4,5)7-11(12)16-13/h8,10,15H,6-7H2,1-5H3/t10-/m0/s1. The van der Waals surface area contributed by atoms with Gasteiger partial charge in [0.05, 0.1) is 6.10 Å². The van der Waals surface area contributed by atoms with Crippen molar-refractivity contribution in [2.45, 2.75) is 59.5 Å². The van der Waals surface area contributed by atoms with Gasteiger partial charge in [-0.25, -0.2) is 0 Å². The molecule has 1 atom stereocenters. The molecule has 0 unspecified atom stereocenters. The van der Waals surface area contributed by atoms with Crippen LogP contribution < -0.4 is 0 Å². The lowest BCUT2D eigenvalue weighted by atomic mass is 9.75. The third-order valence-corrected chi connectivity index (χ3v) is 3.55. The summed E-state index contributed by atoms with van der Waals surface area (Å²) in [5.74, 6) is 2.44. The molecule has 0 aromatic carbocycles. The summed E-state index contributed by atoms with van der Waals surface area (Å²) in [5, 5.41) is 10.2. The van der Waals surface area contributed by atoms with E-state index in [9.17, 15) is 5.11 Å². The Bertz CT molecular complexity index is 399. The Balaban J connectivity index is 2.49. The van der Waals surface area contributed by atoms with Gasteiger partial charge in [-0.1, -0.05) is 27.7 Å². The van der Waals surface area contributed by atoms with Crippen LogP contribution in [0.3, 0.4) is 0 Å². The monoisotopic (exact) mass is 222 g/mol. The van der Waals surface area contributed by atoms with E-state index in [4.69, 9.17) is 4.42 Å². The molecule has 2 nitrogen and oxygen atoms in total. The zero-order valence-corrected chi connectivity index (χ0v) is 10.9. The summed E-state index contributed by atoms with van der Waals surface area (Å²) in [6.07, 6.45) is 1.42. The molecule has 16 heavy (non-hydrogen) atoms. The summed E-state index contributed by atoms with van der Waals surface area (Å²) in [6.45, 7) is 10.7. The molecule has 1 aliphatic rings. The molecule has 0 amide bonds. The number of hydrogen-bond acceptors (Lipinski definition) is 2. The molecule has 0 bridgehead atoms. The average molecular weight is 222 g/mol. The van der Waals surface area contributed by atoms with E-state index in [1.54, 1.807) is 0 Å². The molecular formula is C14H22O2. The van der Waals surface area contributed by atoms with Gasteiger partial charge in [0.25, 0.3) is 0 Å². The molecule has 1 aromatic heterocycles. The number of rotatable bonds is 1. The molecule has 0 saturated carbocycles. The summed E-state index contributed by atoms with van der Waals surface area (Å²) in [5.41, 5.74) is 2.36. The first-order valence-electron chi connectivity index (χ1n) is 6.12. The van der Waals surface area contributed by atoms with Gasteiger partial charge in [-0.2, -0.15) is 0 Å². The maximum atomic E-state index is 10.2. The summed E-state index contributed by atoms with van der Waals surface area (Å²) in [4.78, 5) is 0. The lowest BCUT2D eigenvalue weighted by Crippen LogP contribution is -2.24.